The van der Waals surface area contributed by atoms with Gasteiger partial charge in [0.2, 0.25) is 11.6 Å². The van der Waals surface area contributed by atoms with Crippen LogP contribution in [0.1, 0.15) is 28.1 Å². The fourth-order valence-electron chi connectivity index (χ4n) is 5.36. The van der Waals surface area contributed by atoms with Crippen LogP contribution in [0.25, 0.3) is 10.9 Å². The third kappa shape index (κ3) is 5.21. The SMILES string of the molecule is O=C(Nc1cccc(NC2C(=O)C(=O)C2N2CCC(O)CC2)c1)c1sccc1NCc1ccnc2ccccc12. The first kappa shape index (κ1) is 26.1. The lowest BCUT2D eigenvalue weighted by molar-refractivity contribution is -0.150. The average Bonchev–Trinajstić information content (AvgIpc) is 3.46. The van der Waals surface area contributed by atoms with Gasteiger partial charge in [-0.3, -0.25) is 24.3 Å². The molecule has 6 rings (SSSR count). The summed E-state index contributed by atoms with van der Waals surface area (Å²) in [6.07, 6.45) is 2.60. The summed E-state index contributed by atoms with van der Waals surface area (Å²) in [6.45, 7) is 1.70. The van der Waals surface area contributed by atoms with E-state index in [1.807, 2.05) is 46.7 Å². The van der Waals surface area contributed by atoms with Crippen molar-refractivity contribution in [3.63, 3.8) is 0 Å². The van der Waals surface area contributed by atoms with Crippen LogP contribution in [0.5, 0.6) is 0 Å². The fraction of sp³-hybridized carbons (Fsp3) is 0.267. The molecule has 1 saturated carbocycles. The van der Waals surface area contributed by atoms with E-state index in [2.05, 4.69) is 20.9 Å². The molecule has 3 heterocycles. The van der Waals surface area contributed by atoms with E-state index in [1.54, 1.807) is 30.5 Å². The van der Waals surface area contributed by atoms with Gasteiger partial charge in [-0.05, 0) is 60.2 Å². The van der Waals surface area contributed by atoms with Crippen molar-refractivity contribution < 1.29 is 19.5 Å². The molecule has 2 fully saturated rings. The number of nitrogens with one attached hydrogen (secondary N) is 3. The number of thiophene rings is 1. The summed E-state index contributed by atoms with van der Waals surface area (Å²) in [5.74, 6) is -1.08. The largest absolute Gasteiger partial charge is 0.393 e. The first-order valence-corrected chi connectivity index (χ1v) is 14.2. The van der Waals surface area contributed by atoms with Crippen molar-refractivity contribution in [3.05, 3.63) is 82.7 Å². The highest BCUT2D eigenvalue weighted by Crippen LogP contribution is 2.29. The molecule has 2 atom stereocenters. The van der Waals surface area contributed by atoms with Gasteiger partial charge in [-0.25, -0.2) is 0 Å². The van der Waals surface area contributed by atoms with Gasteiger partial charge >= 0.3 is 0 Å². The van der Waals surface area contributed by atoms with E-state index >= 15 is 0 Å². The number of aliphatic hydroxyl groups excluding tert-OH is 1. The van der Waals surface area contributed by atoms with Gasteiger partial charge in [0.25, 0.3) is 5.91 Å². The molecule has 2 aromatic carbocycles. The Balaban J connectivity index is 1.11. The van der Waals surface area contributed by atoms with Crippen molar-refractivity contribution in [2.24, 2.45) is 0 Å². The van der Waals surface area contributed by atoms with E-state index in [9.17, 15) is 19.5 Å². The van der Waals surface area contributed by atoms with Crippen molar-refractivity contribution >= 4 is 56.8 Å². The lowest BCUT2D eigenvalue weighted by Crippen LogP contribution is -2.69. The Kier molecular flexibility index (Phi) is 7.29. The van der Waals surface area contributed by atoms with Crippen molar-refractivity contribution in [3.8, 4) is 0 Å². The number of aliphatic hydroxyl groups is 1. The number of aromatic nitrogens is 1. The number of amides is 1. The number of carbonyl (C=O) groups excluding carboxylic acids is 3. The van der Waals surface area contributed by atoms with Gasteiger partial charge in [0.1, 0.15) is 17.0 Å². The van der Waals surface area contributed by atoms with Gasteiger partial charge in [-0.2, -0.15) is 0 Å². The molecular formula is C30H29N5O4S. The zero-order valence-corrected chi connectivity index (χ0v) is 22.5. The topological polar surface area (TPSA) is 124 Å². The van der Waals surface area contributed by atoms with Crippen LogP contribution in [-0.4, -0.2) is 63.7 Å². The molecule has 4 aromatic rings. The molecule has 0 radical (unpaired) electrons. The van der Waals surface area contributed by atoms with Crippen LogP contribution in [0, 0.1) is 0 Å². The van der Waals surface area contributed by atoms with Crippen LogP contribution in [0.3, 0.4) is 0 Å². The second-order valence-electron chi connectivity index (χ2n) is 10.1. The van der Waals surface area contributed by atoms with Crippen LogP contribution >= 0.6 is 11.3 Å². The number of Topliss-reactive ketones (excluding diaryl/α,β-unsaturated/α-hetero) is 2. The average molecular weight is 556 g/mol. The Bertz CT molecular complexity index is 1570. The molecule has 40 heavy (non-hydrogen) atoms. The van der Waals surface area contributed by atoms with Crippen LogP contribution in [0.4, 0.5) is 17.1 Å². The minimum Gasteiger partial charge on any atom is -0.393 e. The van der Waals surface area contributed by atoms with Gasteiger partial charge < -0.3 is 21.1 Å². The van der Waals surface area contributed by atoms with Gasteiger partial charge in [-0.15, -0.1) is 11.3 Å². The monoisotopic (exact) mass is 555 g/mol. The molecule has 1 aliphatic carbocycles. The molecule has 1 saturated heterocycles. The van der Waals surface area contributed by atoms with Crippen LogP contribution in [-0.2, 0) is 16.1 Å². The minimum atomic E-state index is -0.647. The van der Waals surface area contributed by atoms with E-state index in [4.69, 9.17) is 0 Å². The molecule has 10 heteroatoms. The van der Waals surface area contributed by atoms with Gasteiger partial charge in [0, 0.05) is 42.6 Å². The third-order valence-electron chi connectivity index (χ3n) is 7.52. The van der Waals surface area contributed by atoms with E-state index in [0.29, 0.717) is 48.7 Å². The van der Waals surface area contributed by atoms with Gasteiger partial charge in [-0.1, -0.05) is 24.3 Å². The molecule has 9 nitrogen and oxygen atoms in total. The molecule has 1 aliphatic heterocycles. The number of piperidine rings is 1. The predicted molar refractivity (Wildman–Crippen MR) is 156 cm³/mol. The summed E-state index contributed by atoms with van der Waals surface area (Å²) in [4.78, 5) is 44.9. The zero-order chi connectivity index (χ0) is 27.6. The number of rotatable bonds is 8. The lowest BCUT2D eigenvalue weighted by Gasteiger charge is -2.44. The molecule has 0 bridgehead atoms. The van der Waals surface area contributed by atoms with Gasteiger partial charge in [0.05, 0.1) is 17.3 Å². The summed E-state index contributed by atoms with van der Waals surface area (Å²) >= 11 is 1.35. The van der Waals surface area contributed by atoms with Crippen molar-refractivity contribution in [1.82, 2.24) is 9.88 Å². The summed E-state index contributed by atoms with van der Waals surface area (Å²) in [5.41, 5.74) is 3.97. The molecule has 1 amide bonds. The third-order valence-corrected chi connectivity index (χ3v) is 8.44. The number of hydrogen-bond donors (Lipinski definition) is 4. The standard InChI is InChI=1S/C30H29N5O4S/c36-21-9-13-35(14-10-21)26-25(27(37)28(26)38)33-19-4-3-5-20(16-19)34-30(39)29-24(11-15-40-29)32-17-18-8-12-31-23-7-2-1-6-22(18)23/h1-8,11-12,15-16,21,25-26,32-33,36H,9-10,13-14,17H2,(H,34,39). The number of carbonyl (C=O) groups is 3. The fourth-order valence-corrected chi connectivity index (χ4v) is 6.13. The van der Waals surface area contributed by atoms with E-state index in [-0.39, 0.29) is 12.0 Å². The summed E-state index contributed by atoms with van der Waals surface area (Å²) in [7, 11) is 0. The van der Waals surface area contributed by atoms with E-state index in [1.165, 1.54) is 11.3 Å². The first-order valence-electron chi connectivity index (χ1n) is 13.3. The second-order valence-corrected chi connectivity index (χ2v) is 11.0. The normalized spacial score (nSPS) is 19.8. The van der Waals surface area contributed by atoms with Crippen molar-refractivity contribution in [2.75, 3.05) is 29.0 Å². The maximum atomic E-state index is 13.2. The number of hydrogen-bond acceptors (Lipinski definition) is 9. The number of benzene rings is 2. The number of para-hydroxylation sites is 1. The summed E-state index contributed by atoms with van der Waals surface area (Å²) < 4.78 is 0. The number of fused-ring (bicyclic) bond motifs is 1. The van der Waals surface area contributed by atoms with Gasteiger partial charge in [0.15, 0.2) is 0 Å². The minimum absolute atomic E-state index is 0.242. The van der Waals surface area contributed by atoms with Crippen molar-refractivity contribution in [2.45, 2.75) is 37.6 Å². The highest BCUT2D eigenvalue weighted by molar-refractivity contribution is 7.12. The first-order chi connectivity index (χ1) is 19.5. The molecular weight excluding hydrogens is 526 g/mol. The van der Waals surface area contributed by atoms with Crippen LogP contribution < -0.4 is 16.0 Å². The number of nitrogens with zero attached hydrogens (tertiary/aromatic N) is 2. The number of likely N-dealkylation sites (tertiary alicyclic amines) is 1. The molecule has 0 spiro atoms. The molecule has 4 N–H and O–H groups in total. The Morgan fingerprint density at radius 1 is 1.00 bits per heavy atom. The molecule has 2 aliphatic rings. The number of pyridine rings is 1. The Labute approximate surface area is 235 Å². The molecule has 204 valence electrons. The quantitative estimate of drug-likeness (QED) is 0.241. The van der Waals surface area contributed by atoms with E-state index < -0.39 is 23.7 Å². The van der Waals surface area contributed by atoms with Crippen LogP contribution in [0.15, 0.2) is 72.2 Å². The highest BCUT2D eigenvalue weighted by Gasteiger charge is 2.52. The molecule has 2 aromatic heterocycles. The highest BCUT2D eigenvalue weighted by atomic mass is 32.1. The Morgan fingerprint density at radius 2 is 1.80 bits per heavy atom. The smallest absolute Gasteiger partial charge is 0.267 e. The number of ketones is 2. The van der Waals surface area contributed by atoms with Crippen LogP contribution in [0.2, 0.25) is 0 Å². The summed E-state index contributed by atoms with van der Waals surface area (Å²) in [6, 6.07) is 17.8. The maximum absolute atomic E-state index is 13.2. The second kappa shape index (κ2) is 11.2. The van der Waals surface area contributed by atoms with E-state index in [0.717, 1.165) is 22.2 Å². The predicted octanol–water partition coefficient (Wildman–Crippen LogP) is 3.92. The Hall–Kier alpha value is -4.12. The summed E-state index contributed by atoms with van der Waals surface area (Å²) in [5, 5.41) is 22.3. The number of anilines is 3. The zero-order valence-electron chi connectivity index (χ0n) is 21.7. The molecule has 2 unspecified atom stereocenters. The lowest BCUT2D eigenvalue weighted by atomic mass is 9.80. The van der Waals surface area contributed by atoms with Crippen molar-refractivity contribution in [1.29, 1.82) is 0 Å². The maximum Gasteiger partial charge on any atom is 0.267 e. The Morgan fingerprint density at radius 3 is 2.65 bits per heavy atom.